The number of anilines is 3. The minimum absolute atomic E-state index is 0.105. The molecule has 1 saturated heterocycles. The number of carboxylic acid groups (broad SMARTS) is 1. The zero-order valence-corrected chi connectivity index (χ0v) is 18.7. The summed E-state index contributed by atoms with van der Waals surface area (Å²) in [5, 5.41) is 17.9. The molecule has 0 amide bonds. The van der Waals surface area contributed by atoms with Crippen molar-refractivity contribution >= 4 is 39.7 Å². The Kier molecular flexibility index (Phi) is 4.65. The summed E-state index contributed by atoms with van der Waals surface area (Å²) in [7, 11) is 0. The second-order valence-electron chi connectivity index (χ2n) is 9.13. The molecule has 7 nitrogen and oxygen atoms in total. The van der Waals surface area contributed by atoms with Gasteiger partial charge in [0.25, 0.3) is 0 Å². The first-order chi connectivity index (χ1) is 16.5. The Hall–Kier alpha value is -4.13. The predicted octanol–water partition coefficient (Wildman–Crippen LogP) is 5.72. The number of hydrogen-bond donors (Lipinski definition) is 2. The van der Waals surface area contributed by atoms with Gasteiger partial charge >= 0.3 is 5.97 Å². The Morgan fingerprint density at radius 3 is 2.76 bits per heavy atom. The lowest BCUT2D eigenvalue weighted by molar-refractivity contribution is 0.0696. The van der Waals surface area contributed by atoms with E-state index in [0.29, 0.717) is 45.1 Å². The van der Waals surface area contributed by atoms with Crippen LogP contribution in [0.25, 0.3) is 22.2 Å². The molecule has 6 rings (SSSR count). The third kappa shape index (κ3) is 3.15. The third-order valence-electron chi connectivity index (χ3n) is 6.76. The van der Waals surface area contributed by atoms with Gasteiger partial charge in [-0.1, -0.05) is 42.4 Å². The number of nitrogens with one attached hydrogen (secondary N) is 1. The van der Waals surface area contributed by atoms with Crippen LogP contribution in [0.15, 0.2) is 59.1 Å². The van der Waals surface area contributed by atoms with Crippen LogP contribution in [0.4, 0.5) is 17.1 Å². The summed E-state index contributed by atoms with van der Waals surface area (Å²) in [6.45, 7) is 4.04. The monoisotopic (exact) mass is 453 g/mol. The molecule has 4 aromatic rings. The number of aromatic carboxylic acids is 1. The van der Waals surface area contributed by atoms with Crippen molar-refractivity contribution in [3.63, 3.8) is 0 Å². The van der Waals surface area contributed by atoms with E-state index in [1.807, 2.05) is 24.3 Å². The number of carbonyl (C=O) groups excluding carboxylic acids is 1. The van der Waals surface area contributed by atoms with Crippen LogP contribution in [0.2, 0.25) is 0 Å². The molecule has 1 fully saturated rings. The molecule has 3 aromatic carbocycles. The topological polar surface area (TPSA) is 95.7 Å². The fourth-order valence-corrected chi connectivity index (χ4v) is 5.18. The summed E-state index contributed by atoms with van der Waals surface area (Å²) < 4.78 is 5.85. The lowest BCUT2D eigenvalue weighted by Crippen LogP contribution is -2.34. The average Bonchev–Trinajstić information content (AvgIpc) is 3.28. The number of carbonyl (C=O) groups is 2. The van der Waals surface area contributed by atoms with E-state index in [-0.39, 0.29) is 11.3 Å². The molecule has 34 heavy (non-hydrogen) atoms. The molecule has 1 atom stereocenters. The average molecular weight is 453 g/mol. The van der Waals surface area contributed by atoms with Gasteiger partial charge in [0.15, 0.2) is 11.5 Å². The van der Waals surface area contributed by atoms with Gasteiger partial charge in [-0.2, -0.15) is 0 Å². The van der Waals surface area contributed by atoms with Crippen LogP contribution in [0.1, 0.15) is 46.0 Å². The molecule has 0 spiro atoms. The van der Waals surface area contributed by atoms with Crippen molar-refractivity contribution in [3.05, 3.63) is 71.3 Å². The van der Waals surface area contributed by atoms with Gasteiger partial charge in [0, 0.05) is 29.9 Å². The number of carboxylic acids is 1. The summed E-state index contributed by atoms with van der Waals surface area (Å²) in [6, 6.07) is 16.0. The minimum atomic E-state index is -1.00. The number of aromatic nitrogens is 1. The number of benzene rings is 3. The molecule has 7 heteroatoms. The normalized spacial score (nSPS) is 17.0. The molecule has 0 radical (unpaired) electrons. The van der Waals surface area contributed by atoms with Crippen molar-refractivity contribution < 1.29 is 19.2 Å². The number of hydrogen-bond acceptors (Lipinski definition) is 6. The maximum Gasteiger partial charge on any atom is 0.335 e. The highest BCUT2D eigenvalue weighted by Crippen LogP contribution is 2.46. The molecule has 2 aliphatic rings. The predicted molar refractivity (Wildman–Crippen MR) is 130 cm³/mol. The van der Waals surface area contributed by atoms with Crippen molar-refractivity contribution in [3.8, 4) is 11.3 Å². The van der Waals surface area contributed by atoms with E-state index in [2.05, 4.69) is 22.3 Å². The van der Waals surface area contributed by atoms with E-state index in [1.165, 1.54) is 6.42 Å². The number of ketones is 1. The van der Waals surface area contributed by atoms with Gasteiger partial charge in [-0.25, -0.2) is 4.79 Å². The van der Waals surface area contributed by atoms with Crippen LogP contribution in [-0.2, 0) is 0 Å². The Morgan fingerprint density at radius 1 is 1.15 bits per heavy atom. The number of piperidine rings is 1. The zero-order chi connectivity index (χ0) is 23.4. The van der Waals surface area contributed by atoms with Gasteiger partial charge in [0.05, 0.1) is 27.9 Å². The molecule has 1 aliphatic heterocycles. The van der Waals surface area contributed by atoms with E-state index >= 15 is 0 Å². The van der Waals surface area contributed by atoms with Crippen molar-refractivity contribution in [2.75, 3.05) is 23.3 Å². The van der Waals surface area contributed by atoms with Crippen LogP contribution >= 0.6 is 0 Å². The Bertz CT molecular complexity index is 1470. The molecule has 170 valence electrons. The first kappa shape index (κ1) is 20.5. The summed E-state index contributed by atoms with van der Waals surface area (Å²) >= 11 is 0. The largest absolute Gasteiger partial charge is 0.478 e. The van der Waals surface area contributed by atoms with Gasteiger partial charge in [-0.15, -0.1) is 0 Å². The Balaban J connectivity index is 1.59. The molecule has 0 unspecified atom stereocenters. The lowest BCUT2D eigenvalue weighted by atomic mass is 9.86. The molecule has 1 aromatic heterocycles. The first-order valence-corrected chi connectivity index (χ1v) is 11.5. The fraction of sp³-hybridized carbons (Fsp3) is 0.222. The van der Waals surface area contributed by atoms with Crippen molar-refractivity contribution in [1.82, 2.24) is 5.16 Å². The molecular weight excluding hydrogens is 430 g/mol. The summed E-state index contributed by atoms with van der Waals surface area (Å²) in [4.78, 5) is 27.5. The molecule has 1 aliphatic carbocycles. The molecule has 0 bridgehead atoms. The highest BCUT2D eigenvalue weighted by Gasteiger charge is 2.34. The van der Waals surface area contributed by atoms with E-state index in [9.17, 15) is 14.7 Å². The highest BCUT2D eigenvalue weighted by atomic mass is 16.5. The number of nitrogens with zero attached hydrogens (tertiary/aromatic N) is 2. The van der Waals surface area contributed by atoms with Gasteiger partial charge in [-0.05, 0) is 43.0 Å². The molecule has 0 saturated carbocycles. The molecule has 2 heterocycles. The van der Waals surface area contributed by atoms with Crippen molar-refractivity contribution in [2.24, 2.45) is 5.92 Å². The van der Waals surface area contributed by atoms with E-state index in [4.69, 9.17) is 4.52 Å². The van der Waals surface area contributed by atoms with Crippen LogP contribution in [0, 0.1) is 5.92 Å². The van der Waals surface area contributed by atoms with Gasteiger partial charge in [0.2, 0.25) is 0 Å². The summed E-state index contributed by atoms with van der Waals surface area (Å²) in [5.74, 6) is 0.0322. The maximum absolute atomic E-state index is 13.7. The number of rotatable bonds is 4. The molecular formula is C27H23N3O4. The second-order valence-corrected chi connectivity index (χ2v) is 9.13. The third-order valence-corrected chi connectivity index (χ3v) is 6.76. The number of fused-ring (bicyclic) bond motifs is 2. The maximum atomic E-state index is 13.7. The van der Waals surface area contributed by atoms with Crippen molar-refractivity contribution in [2.45, 2.75) is 19.8 Å². The first-order valence-electron chi connectivity index (χ1n) is 11.5. The van der Waals surface area contributed by atoms with Crippen LogP contribution < -0.4 is 10.2 Å². The minimum Gasteiger partial charge on any atom is -0.478 e. The van der Waals surface area contributed by atoms with Crippen LogP contribution in [0.5, 0.6) is 0 Å². The Morgan fingerprint density at radius 2 is 1.97 bits per heavy atom. The highest BCUT2D eigenvalue weighted by molar-refractivity contribution is 6.28. The van der Waals surface area contributed by atoms with E-state index in [1.54, 1.807) is 30.3 Å². The second kappa shape index (κ2) is 7.73. The Labute approximate surface area is 196 Å². The smallest absolute Gasteiger partial charge is 0.335 e. The quantitative estimate of drug-likeness (QED) is 0.359. The van der Waals surface area contributed by atoms with Crippen molar-refractivity contribution in [1.29, 1.82) is 0 Å². The van der Waals surface area contributed by atoms with Gasteiger partial charge in [0.1, 0.15) is 5.52 Å². The molecule has 2 N–H and O–H groups in total. The van der Waals surface area contributed by atoms with Gasteiger partial charge in [-0.3, -0.25) is 4.79 Å². The summed E-state index contributed by atoms with van der Waals surface area (Å²) in [5.41, 5.74) is 4.80. The fourth-order valence-electron chi connectivity index (χ4n) is 5.18. The van der Waals surface area contributed by atoms with E-state index in [0.717, 1.165) is 30.8 Å². The van der Waals surface area contributed by atoms with Crippen LogP contribution in [0.3, 0.4) is 0 Å². The SMILES string of the molecule is C[C@H]1CCCN(c2cc(Nc3cccc(C(=O)O)c3)c3c4c(onc24)-c2ccccc2C3=O)C1. The van der Waals surface area contributed by atoms with Gasteiger partial charge < -0.3 is 19.8 Å². The zero-order valence-electron chi connectivity index (χ0n) is 18.7. The van der Waals surface area contributed by atoms with E-state index < -0.39 is 5.97 Å². The lowest BCUT2D eigenvalue weighted by Gasteiger charge is -2.33. The standard InChI is InChI=1S/C27H23N3O4/c1-15-6-5-11-30(14-15)21-13-20(28-17-8-4-7-16(12-17)27(32)33)22-23-24(21)29-34-26(23)19-10-3-2-9-18(19)25(22)31/h2-4,7-10,12-13,15,28H,5-6,11,14H2,1H3,(H,32,33)/t15-/m0/s1. The summed E-state index contributed by atoms with van der Waals surface area (Å²) in [6.07, 6.45) is 2.26. The van der Waals surface area contributed by atoms with Crippen LogP contribution in [-0.4, -0.2) is 35.1 Å².